The summed E-state index contributed by atoms with van der Waals surface area (Å²) < 4.78 is 2.01. The van der Waals surface area contributed by atoms with Crippen molar-refractivity contribution in [2.75, 3.05) is 11.9 Å². The molecule has 100 valence electrons. The van der Waals surface area contributed by atoms with Gasteiger partial charge >= 0.3 is 0 Å². The maximum atomic E-state index is 9.77. The highest BCUT2D eigenvalue weighted by molar-refractivity contribution is 9.10. The van der Waals surface area contributed by atoms with Crippen molar-refractivity contribution in [3.63, 3.8) is 0 Å². The van der Waals surface area contributed by atoms with Crippen molar-refractivity contribution < 1.29 is 5.11 Å². The molecule has 0 heterocycles. The van der Waals surface area contributed by atoms with Gasteiger partial charge < -0.3 is 10.4 Å². The Labute approximate surface area is 130 Å². The SMILES string of the molecule is CC(CO)(Nc1cccc(Br)c1)c1cccc(Br)c1. The number of anilines is 1. The largest absolute Gasteiger partial charge is 0.394 e. The molecule has 0 aliphatic rings. The molecule has 2 rings (SSSR count). The second-order valence-corrected chi connectivity index (χ2v) is 6.47. The first-order chi connectivity index (χ1) is 9.03. The number of nitrogens with one attached hydrogen (secondary N) is 1. The zero-order valence-corrected chi connectivity index (χ0v) is 13.7. The summed E-state index contributed by atoms with van der Waals surface area (Å²) in [6.45, 7) is 1.99. The summed E-state index contributed by atoms with van der Waals surface area (Å²) in [6, 6.07) is 15.9. The molecule has 0 aliphatic carbocycles. The minimum Gasteiger partial charge on any atom is -0.394 e. The molecule has 1 atom stereocenters. The Balaban J connectivity index is 2.32. The molecule has 0 aromatic heterocycles. The van der Waals surface area contributed by atoms with E-state index in [1.165, 1.54) is 0 Å². The second-order valence-electron chi connectivity index (χ2n) is 4.64. The van der Waals surface area contributed by atoms with Crippen LogP contribution in [0.25, 0.3) is 0 Å². The van der Waals surface area contributed by atoms with E-state index in [9.17, 15) is 5.11 Å². The Bertz CT molecular complexity index is 574. The molecule has 2 nitrogen and oxygen atoms in total. The van der Waals surface area contributed by atoms with Crippen LogP contribution in [0, 0.1) is 0 Å². The molecule has 0 radical (unpaired) electrons. The molecular formula is C15H15Br2NO. The van der Waals surface area contributed by atoms with Gasteiger partial charge in [0, 0.05) is 14.6 Å². The van der Waals surface area contributed by atoms with Gasteiger partial charge in [-0.05, 0) is 42.8 Å². The van der Waals surface area contributed by atoms with Crippen molar-refractivity contribution in [1.29, 1.82) is 0 Å². The van der Waals surface area contributed by atoms with Crippen molar-refractivity contribution >= 4 is 37.5 Å². The molecular weight excluding hydrogens is 370 g/mol. The van der Waals surface area contributed by atoms with Crippen LogP contribution in [-0.4, -0.2) is 11.7 Å². The van der Waals surface area contributed by atoms with Gasteiger partial charge in [-0.25, -0.2) is 0 Å². The van der Waals surface area contributed by atoms with E-state index in [4.69, 9.17) is 0 Å². The van der Waals surface area contributed by atoms with E-state index in [-0.39, 0.29) is 6.61 Å². The molecule has 2 N–H and O–H groups in total. The number of aliphatic hydroxyl groups is 1. The van der Waals surface area contributed by atoms with Crippen molar-refractivity contribution in [2.24, 2.45) is 0 Å². The molecule has 1 unspecified atom stereocenters. The van der Waals surface area contributed by atoms with E-state index in [1.54, 1.807) is 0 Å². The van der Waals surface area contributed by atoms with Gasteiger partial charge in [0.05, 0.1) is 12.1 Å². The number of halogens is 2. The Morgan fingerprint density at radius 3 is 2.26 bits per heavy atom. The molecule has 0 spiro atoms. The standard InChI is InChI=1S/C15H15Br2NO/c1-15(10-19,11-4-2-5-12(16)8-11)18-14-7-3-6-13(17)9-14/h2-9,18-19H,10H2,1H3. The third-order valence-corrected chi connectivity index (χ3v) is 4.01. The fraction of sp³-hybridized carbons (Fsp3) is 0.200. The first kappa shape index (κ1) is 14.6. The van der Waals surface area contributed by atoms with E-state index in [2.05, 4.69) is 37.2 Å². The zero-order chi connectivity index (χ0) is 13.9. The molecule has 19 heavy (non-hydrogen) atoms. The number of hydrogen-bond acceptors (Lipinski definition) is 2. The number of benzene rings is 2. The van der Waals surface area contributed by atoms with Gasteiger partial charge in [-0.1, -0.05) is 50.1 Å². The summed E-state index contributed by atoms with van der Waals surface area (Å²) in [5.41, 5.74) is 1.47. The lowest BCUT2D eigenvalue weighted by atomic mass is 9.92. The molecule has 0 fully saturated rings. The van der Waals surface area contributed by atoms with Crippen LogP contribution in [-0.2, 0) is 5.54 Å². The van der Waals surface area contributed by atoms with Crippen LogP contribution in [0.5, 0.6) is 0 Å². The number of rotatable bonds is 4. The lowest BCUT2D eigenvalue weighted by molar-refractivity contribution is 0.224. The monoisotopic (exact) mass is 383 g/mol. The minimum absolute atomic E-state index is 0.00989. The van der Waals surface area contributed by atoms with Crippen molar-refractivity contribution in [3.05, 3.63) is 63.0 Å². The summed E-state index contributed by atoms with van der Waals surface area (Å²) in [6.07, 6.45) is 0. The summed E-state index contributed by atoms with van der Waals surface area (Å²) >= 11 is 6.91. The Morgan fingerprint density at radius 2 is 1.68 bits per heavy atom. The van der Waals surface area contributed by atoms with Gasteiger partial charge in [0.15, 0.2) is 0 Å². The average molecular weight is 385 g/mol. The maximum Gasteiger partial charge on any atom is 0.0828 e. The molecule has 0 saturated heterocycles. The van der Waals surface area contributed by atoms with Crippen LogP contribution in [0.4, 0.5) is 5.69 Å². The highest BCUT2D eigenvalue weighted by Crippen LogP contribution is 2.28. The van der Waals surface area contributed by atoms with E-state index in [0.29, 0.717) is 0 Å². The van der Waals surface area contributed by atoms with Gasteiger partial charge in [0.1, 0.15) is 0 Å². The van der Waals surface area contributed by atoms with E-state index < -0.39 is 5.54 Å². The Kier molecular flexibility index (Phi) is 4.66. The normalized spacial score (nSPS) is 13.9. The number of aliphatic hydroxyl groups excluding tert-OH is 1. The van der Waals surface area contributed by atoms with Gasteiger partial charge in [-0.15, -0.1) is 0 Å². The Hall–Kier alpha value is -0.840. The average Bonchev–Trinajstić information content (AvgIpc) is 2.38. The van der Waals surface area contributed by atoms with Crippen LogP contribution in [0.15, 0.2) is 57.5 Å². The predicted molar refractivity (Wildman–Crippen MR) is 86.3 cm³/mol. The summed E-state index contributed by atoms with van der Waals surface area (Å²) in [4.78, 5) is 0. The third kappa shape index (κ3) is 3.59. The first-order valence-electron chi connectivity index (χ1n) is 5.94. The molecule has 2 aromatic rings. The third-order valence-electron chi connectivity index (χ3n) is 3.02. The van der Waals surface area contributed by atoms with E-state index in [0.717, 1.165) is 20.2 Å². The van der Waals surface area contributed by atoms with Crippen LogP contribution in [0.1, 0.15) is 12.5 Å². The van der Waals surface area contributed by atoms with E-state index >= 15 is 0 Å². The van der Waals surface area contributed by atoms with Crippen molar-refractivity contribution in [1.82, 2.24) is 0 Å². The second kappa shape index (κ2) is 6.07. The first-order valence-corrected chi connectivity index (χ1v) is 7.53. The zero-order valence-electron chi connectivity index (χ0n) is 10.5. The quantitative estimate of drug-likeness (QED) is 0.811. The van der Waals surface area contributed by atoms with Crippen LogP contribution in [0.3, 0.4) is 0 Å². The van der Waals surface area contributed by atoms with Gasteiger partial charge in [-0.2, -0.15) is 0 Å². The molecule has 0 aliphatic heterocycles. The van der Waals surface area contributed by atoms with Crippen molar-refractivity contribution in [2.45, 2.75) is 12.5 Å². The lowest BCUT2D eigenvalue weighted by Gasteiger charge is -2.31. The van der Waals surface area contributed by atoms with Crippen LogP contribution in [0.2, 0.25) is 0 Å². The topological polar surface area (TPSA) is 32.3 Å². The Morgan fingerprint density at radius 1 is 1.05 bits per heavy atom. The highest BCUT2D eigenvalue weighted by atomic mass is 79.9. The number of hydrogen-bond donors (Lipinski definition) is 2. The van der Waals surface area contributed by atoms with Crippen LogP contribution < -0.4 is 5.32 Å². The highest BCUT2D eigenvalue weighted by Gasteiger charge is 2.25. The fourth-order valence-corrected chi connectivity index (χ4v) is 2.72. The van der Waals surface area contributed by atoms with Crippen molar-refractivity contribution in [3.8, 4) is 0 Å². The fourth-order valence-electron chi connectivity index (χ4n) is 1.92. The molecule has 0 amide bonds. The van der Waals surface area contributed by atoms with Crippen LogP contribution >= 0.6 is 31.9 Å². The predicted octanol–water partition coefficient (Wildman–Crippen LogP) is 4.53. The van der Waals surface area contributed by atoms with Gasteiger partial charge in [0.25, 0.3) is 0 Å². The molecule has 2 aromatic carbocycles. The molecule has 0 bridgehead atoms. The molecule has 0 saturated carbocycles. The maximum absolute atomic E-state index is 9.77. The summed E-state index contributed by atoms with van der Waals surface area (Å²) in [7, 11) is 0. The molecule has 4 heteroatoms. The lowest BCUT2D eigenvalue weighted by Crippen LogP contribution is -2.35. The summed E-state index contributed by atoms with van der Waals surface area (Å²) in [5, 5.41) is 13.2. The summed E-state index contributed by atoms with van der Waals surface area (Å²) in [5.74, 6) is 0. The minimum atomic E-state index is -0.523. The van der Waals surface area contributed by atoms with Gasteiger partial charge in [0.2, 0.25) is 0 Å². The smallest absolute Gasteiger partial charge is 0.0828 e. The van der Waals surface area contributed by atoms with E-state index in [1.807, 2.05) is 55.5 Å². The van der Waals surface area contributed by atoms with Gasteiger partial charge in [-0.3, -0.25) is 0 Å².